The van der Waals surface area contributed by atoms with Crippen LogP contribution in [0.1, 0.15) is 0 Å². The molecule has 0 N–H and O–H groups in total. The third-order valence-electron chi connectivity index (χ3n) is 1.08. The zero-order valence-corrected chi connectivity index (χ0v) is 8.13. The van der Waals surface area contributed by atoms with E-state index in [0.717, 1.165) is 0 Å². The van der Waals surface area contributed by atoms with E-state index in [1.165, 1.54) is 7.11 Å². The van der Waals surface area contributed by atoms with Gasteiger partial charge in [-0.3, -0.25) is 4.79 Å². The standard InChI is InChI=1S/C7H7O2.Na/c1-9-7(8)6-4-2-3-5-6;/h2-5H,1H3;/q;+1. The number of hydrogen-bond donors (Lipinski definition) is 0. The monoisotopic (exact) mass is 146 g/mol. The molecule has 47 valence electrons. The summed E-state index contributed by atoms with van der Waals surface area (Å²) >= 11 is 0. The molecule has 0 unspecified atom stereocenters. The van der Waals surface area contributed by atoms with Gasteiger partial charge in [-0.15, -0.1) is 0 Å². The van der Waals surface area contributed by atoms with E-state index in [4.69, 9.17) is 0 Å². The van der Waals surface area contributed by atoms with Gasteiger partial charge in [-0.2, -0.15) is 0 Å². The van der Waals surface area contributed by atoms with Gasteiger partial charge in [0.2, 0.25) is 0 Å². The molecule has 0 aromatic carbocycles. The number of carbonyl (C=O) groups excluding carboxylic acids is 1. The first-order valence-electron chi connectivity index (χ1n) is 2.64. The van der Waals surface area contributed by atoms with E-state index in [2.05, 4.69) is 4.74 Å². The quantitative estimate of drug-likeness (QED) is 0.304. The van der Waals surface area contributed by atoms with Gasteiger partial charge in [-0.25, -0.2) is 0 Å². The van der Waals surface area contributed by atoms with Gasteiger partial charge in [0.25, 0.3) is 0 Å². The van der Waals surface area contributed by atoms with Crippen LogP contribution >= 0.6 is 0 Å². The van der Waals surface area contributed by atoms with E-state index in [1.807, 2.05) is 0 Å². The Kier molecular flexibility index (Phi) is 5.41. The first-order valence-corrected chi connectivity index (χ1v) is 2.64. The van der Waals surface area contributed by atoms with Crippen molar-refractivity contribution in [3.63, 3.8) is 0 Å². The van der Waals surface area contributed by atoms with Crippen LogP contribution in [0.4, 0.5) is 0 Å². The number of ether oxygens (including phenoxy) is 1. The Morgan fingerprint density at radius 2 is 1.90 bits per heavy atom. The Morgan fingerprint density at radius 1 is 1.40 bits per heavy atom. The van der Waals surface area contributed by atoms with E-state index in [0.29, 0.717) is 5.92 Å². The molecule has 0 aromatic rings. The van der Waals surface area contributed by atoms with Crippen molar-refractivity contribution in [1.29, 1.82) is 0 Å². The van der Waals surface area contributed by atoms with Crippen LogP contribution in [0, 0.1) is 31.6 Å². The van der Waals surface area contributed by atoms with Gasteiger partial charge in [0.05, 0.1) is 13.0 Å². The summed E-state index contributed by atoms with van der Waals surface area (Å²) in [4.78, 5) is 10.7. The van der Waals surface area contributed by atoms with Crippen LogP contribution in [0.5, 0.6) is 0 Å². The fourth-order valence-corrected chi connectivity index (χ4v) is 0.628. The Morgan fingerprint density at radius 3 is 2.30 bits per heavy atom. The Labute approximate surface area is 83.6 Å². The van der Waals surface area contributed by atoms with Gasteiger partial charge in [0.15, 0.2) is 0 Å². The Balaban J connectivity index is 0.000000810. The van der Waals surface area contributed by atoms with Crippen LogP contribution in [-0.2, 0) is 9.53 Å². The van der Waals surface area contributed by atoms with Crippen LogP contribution in [0.15, 0.2) is 0 Å². The van der Waals surface area contributed by atoms with Crippen molar-refractivity contribution in [3.8, 4) is 0 Å². The molecule has 0 atom stereocenters. The molecular formula is C7H7NaO2+. The number of methoxy groups -OCH3 is 1. The summed E-state index contributed by atoms with van der Waals surface area (Å²) in [5, 5.41) is 0. The zero-order valence-electron chi connectivity index (χ0n) is 6.13. The molecule has 1 saturated carbocycles. The van der Waals surface area contributed by atoms with Crippen LogP contribution in [0.3, 0.4) is 0 Å². The van der Waals surface area contributed by atoms with Crippen molar-refractivity contribution in [2.75, 3.05) is 7.11 Å². The molecule has 3 heteroatoms. The predicted molar refractivity (Wildman–Crippen MR) is 32.5 cm³/mol. The summed E-state index contributed by atoms with van der Waals surface area (Å²) in [5.41, 5.74) is 0. The van der Waals surface area contributed by atoms with Crippen LogP contribution in [0.25, 0.3) is 0 Å². The van der Waals surface area contributed by atoms with Crippen LogP contribution in [-0.4, -0.2) is 13.1 Å². The molecule has 0 bridgehead atoms. The van der Waals surface area contributed by atoms with Crippen molar-refractivity contribution < 1.29 is 39.1 Å². The zero-order chi connectivity index (χ0) is 6.69. The van der Waals surface area contributed by atoms with E-state index < -0.39 is 0 Å². The Hall–Kier alpha value is 0.470. The first-order chi connectivity index (χ1) is 4.34. The maximum absolute atomic E-state index is 10.7. The fourth-order valence-electron chi connectivity index (χ4n) is 0.628. The molecular weight excluding hydrogens is 139 g/mol. The summed E-state index contributed by atoms with van der Waals surface area (Å²) in [6.07, 6.45) is 7.02. The second-order valence-electron chi connectivity index (χ2n) is 1.67. The van der Waals surface area contributed by atoms with Crippen molar-refractivity contribution in [2.24, 2.45) is 0 Å². The van der Waals surface area contributed by atoms with E-state index in [-0.39, 0.29) is 35.5 Å². The normalized spacial score (nSPS) is 18.1. The maximum Gasteiger partial charge on any atom is 1.00 e. The molecule has 0 heterocycles. The third kappa shape index (κ3) is 2.60. The third-order valence-corrected chi connectivity index (χ3v) is 1.08. The van der Waals surface area contributed by atoms with Crippen molar-refractivity contribution in [3.05, 3.63) is 31.6 Å². The minimum Gasteiger partial charge on any atom is -0.469 e. The molecule has 1 aliphatic rings. The van der Waals surface area contributed by atoms with Crippen molar-refractivity contribution in [2.45, 2.75) is 0 Å². The molecule has 0 aliphatic heterocycles. The molecule has 5 radical (unpaired) electrons. The van der Waals surface area contributed by atoms with Gasteiger partial charge in [-0.05, 0) is 25.7 Å². The Bertz CT molecular complexity index is 108. The van der Waals surface area contributed by atoms with Crippen molar-refractivity contribution in [1.82, 2.24) is 0 Å². The molecule has 1 rings (SSSR count). The van der Waals surface area contributed by atoms with Crippen LogP contribution in [0.2, 0.25) is 0 Å². The minimum absolute atomic E-state index is 0. The number of carbonyl (C=O) groups is 1. The summed E-state index contributed by atoms with van der Waals surface area (Å²) in [6.45, 7) is 0. The van der Waals surface area contributed by atoms with Crippen molar-refractivity contribution >= 4 is 5.97 Å². The summed E-state index contributed by atoms with van der Waals surface area (Å²) < 4.78 is 4.46. The number of hydrogen-bond acceptors (Lipinski definition) is 2. The number of esters is 1. The molecule has 2 nitrogen and oxygen atoms in total. The van der Waals surface area contributed by atoms with E-state index >= 15 is 0 Å². The largest absolute Gasteiger partial charge is 1.00 e. The summed E-state index contributed by atoms with van der Waals surface area (Å²) in [6, 6.07) is 0. The minimum atomic E-state index is -0.278. The molecule has 0 saturated heterocycles. The van der Waals surface area contributed by atoms with Gasteiger partial charge in [0, 0.05) is 0 Å². The van der Waals surface area contributed by atoms with Gasteiger partial charge >= 0.3 is 35.5 Å². The predicted octanol–water partition coefficient (Wildman–Crippen LogP) is -2.43. The molecule has 0 spiro atoms. The fraction of sp³-hybridized carbons (Fsp3) is 0.143. The average Bonchev–Trinajstić information content (AvgIpc) is 2.37. The SMILES string of the molecule is COC(=O)[C]1[CH][CH][CH][CH]1.[Na+]. The summed E-state index contributed by atoms with van der Waals surface area (Å²) in [7, 11) is 1.37. The molecule has 0 amide bonds. The second kappa shape index (κ2) is 5.16. The first kappa shape index (κ1) is 10.5. The molecule has 10 heavy (non-hydrogen) atoms. The molecule has 1 aliphatic carbocycles. The van der Waals surface area contributed by atoms with E-state index in [1.54, 1.807) is 25.7 Å². The number of rotatable bonds is 1. The van der Waals surface area contributed by atoms with Crippen LogP contribution < -0.4 is 29.6 Å². The maximum atomic E-state index is 10.7. The van der Waals surface area contributed by atoms with E-state index in [9.17, 15) is 4.79 Å². The molecule has 1 fully saturated rings. The van der Waals surface area contributed by atoms with Gasteiger partial charge < -0.3 is 4.74 Å². The smallest absolute Gasteiger partial charge is 0.469 e. The average molecular weight is 146 g/mol. The van der Waals surface area contributed by atoms with Gasteiger partial charge in [0.1, 0.15) is 0 Å². The second-order valence-corrected chi connectivity index (χ2v) is 1.67. The topological polar surface area (TPSA) is 26.3 Å². The molecule has 0 aromatic heterocycles. The summed E-state index contributed by atoms with van der Waals surface area (Å²) in [5.74, 6) is 0.331. The van der Waals surface area contributed by atoms with Gasteiger partial charge in [-0.1, -0.05) is 0 Å².